The first-order valence-corrected chi connectivity index (χ1v) is 8.42. The molecule has 0 aromatic heterocycles. The van der Waals surface area contributed by atoms with Crippen molar-refractivity contribution in [3.63, 3.8) is 0 Å². The molecule has 6 nitrogen and oxygen atoms in total. The van der Waals surface area contributed by atoms with Crippen LogP contribution >= 0.6 is 0 Å². The monoisotopic (exact) mass is 345 g/mol. The van der Waals surface area contributed by atoms with Gasteiger partial charge in [-0.25, -0.2) is 0 Å². The van der Waals surface area contributed by atoms with Gasteiger partial charge >= 0.3 is 0 Å². The average Bonchev–Trinajstić information content (AvgIpc) is 3.07. The zero-order valence-electron chi connectivity index (χ0n) is 15.2. The van der Waals surface area contributed by atoms with Crippen LogP contribution < -0.4 is 20.1 Å². The summed E-state index contributed by atoms with van der Waals surface area (Å²) >= 11 is 0. The van der Waals surface area contributed by atoms with Gasteiger partial charge in [0, 0.05) is 26.7 Å². The van der Waals surface area contributed by atoms with E-state index >= 15 is 0 Å². The second-order valence-electron chi connectivity index (χ2n) is 6.16. The van der Waals surface area contributed by atoms with Crippen LogP contribution in [0.2, 0.25) is 0 Å². The number of ether oxygens (including phenoxy) is 3. The number of methoxy groups -OCH3 is 1. The largest absolute Gasteiger partial charge is 0.493 e. The first-order valence-electron chi connectivity index (χ1n) is 8.42. The van der Waals surface area contributed by atoms with Crippen molar-refractivity contribution in [2.75, 3.05) is 33.9 Å². The molecule has 1 saturated heterocycles. The standard InChI is InChI=1S/C19H27N3O3/c1-5-10-24-17-12-15(7-8-16(17)23-4)13-21-18(20-3)22-14-19(2)9-6-11-25-19/h1,7-8,12H,6,9-11,13-14H2,2-4H3,(H2,20,21,22). The van der Waals surface area contributed by atoms with Gasteiger partial charge in [-0.3, -0.25) is 4.99 Å². The molecule has 1 unspecified atom stereocenters. The van der Waals surface area contributed by atoms with E-state index in [4.69, 9.17) is 20.6 Å². The van der Waals surface area contributed by atoms with Gasteiger partial charge in [0.25, 0.3) is 0 Å². The minimum atomic E-state index is -0.117. The summed E-state index contributed by atoms with van der Waals surface area (Å²) in [5, 5.41) is 6.62. The molecule has 25 heavy (non-hydrogen) atoms. The Hall–Kier alpha value is -2.39. The van der Waals surface area contributed by atoms with Gasteiger partial charge in [0.2, 0.25) is 0 Å². The molecule has 0 aliphatic carbocycles. The topological polar surface area (TPSA) is 64.1 Å². The van der Waals surface area contributed by atoms with Crippen LogP contribution in [0, 0.1) is 12.3 Å². The maximum absolute atomic E-state index is 5.79. The van der Waals surface area contributed by atoms with Gasteiger partial charge in [-0.1, -0.05) is 12.0 Å². The normalized spacial score (nSPS) is 20.0. The van der Waals surface area contributed by atoms with E-state index in [-0.39, 0.29) is 12.2 Å². The molecule has 6 heteroatoms. The summed E-state index contributed by atoms with van der Waals surface area (Å²) in [6.45, 7) is 4.49. The molecule has 136 valence electrons. The van der Waals surface area contributed by atoms with Crippen molar-refractivity contribution in [3.8, 4) is 23.8 Å². The lowest BCUT2D eigenvalue weighted by Crippen LogP contribution is -2.45. The quantitative estimate of drug-likeness (QED) is 0.449. The Balaban J connectivity index is 1.91. The highest BCUT2D eigenvalue weighted by atomic mass is 16.5. The van der Waals surface area contributed by atoms with Crippen molar-refractivity contribution in [1.29, 1.82) is 0 Å². The van der Waals surface area contributed by atoms with Crippen LogP contribution in [0.3, 0.4) is 0 Å². The first-order chi connectivity index (χ1) is 12.1. The zero-order chi connectivity index (χ0) is 18.1. The molecule has 1 aromatic carbocycles. The van der Waals surface area contributed by atoms with Crippen LogP contribution in [-0.2, 0) is 11.3 Å². The summed E-state index contributed by atoms with van der Waals surface area (Å²) in [4.78, 5) is 4.26. The molecule has 1 aromatic rings. The Morgan fingerprint density at radius 1 is 1.40 bits per heavy atom. The zero-order valence-corrected chi connectivity index (χ0v) is 15.2. The van der Waals surface area contributed by atoms with Gasteiger partial charge in [-0.05, 0) is 37.5 Å². The van der Waals surface area contributed by atoms with Gasteiger partial charge in [-0.15, -0.1) is 6.42 Å². The third-order valence-corrected chi connectivity index (χ3v) is 4.15. The number of rotatable bonds is 7. The summed E-state index contributed by atoms with van der Waals surface area (Å²) in [6, 6.07) is 5.76. The van der Waals surface area contributed by atoms with Gasteiger partial charge < -0.3 is 24.8 Å². The maximum atomic E-state index is 5.79. The Morgan fingerprint density at radius 3 is 2.88 bits per heavy atom. The molecule has 2 N–H and O–H groups in total. The molecular formula is C19H27N3O3. The van der Waals surface area contributed by atoms with Crippen LogP contribution in [-0.4, -0.2) is 45.5 Å². The summed E-state index contributed by atoms with van der Waals surface area (Å²) in [6.07, 6.45) is 7.42. The highest BCUT2D eigenvalue weighted by Crippen LogP contribution is 2.28. The SMILES string of the molecule is C#CCOc1cc(CNC(=NC)NCC2(C)CCCO2)ccc1OC. The van der Waals surface area contributed by atoms with E-state index in [2.05, 4.69) is 28.5 Å². The van der Waals surface area contributed by atoms with E-state index in [0.717, 1.165) is 37.5 Å². The van der Waals surface area contributed by atoms with Gasteiger partial charge in [-0.2, -0.15) is 0 Å². The van der Waals surface area contributed by atoms with E-state index in [0.29, 0.717) is 18.0 Å². The molecule has 0 saturated carbocycles. The fourth-order valence-corrected chi connectivity index (χ4v) is 2.72. The van der Waals surface area contributed by atoms with Crippen molar-refractivity contribution in [1.82, 2.24) is 10.6 Å². The summed E-state index contributed by atoms with van der Waals surface area (Å²) in [5.41, 5.74) is 0.924. The second-order valence-corrected chi connectivity index (χ2v) is 6.16. The Kier molecular flexibility index (Phi) is 6.96. The van der Waals surface area contributed by atoms with Crippen molar-refractivity contribution in [3.05, 3.63) is 23.8 Å². The Morgan fingerprint density at radius 2 is 2.24 bits per heavy atom. The minimum absolute atomic E-state index is 0.117. The molecule has 0 bridgehead atoms. The molecule has 1 aliphatic heterocycles. The maximum Gasteiger partial charge on any atom is 0.191 e. The lowest BCUT2D eigenvalue weighted by molar-refractivity contribution is 0.0243. The van der Waals surface area contributed by atoms with Gasteiger partial charge in [0.15, 0.2) is 17.5 Å². The molecule has 1 aliphatic rings. The number of hydrogen-bond acceptors (Lipinski definition) is 4. The van der Waals surface area contributed by atoms with Crippen LogP contribution in [0.15, 0.2) is 23.2 Å². The Bertz CT molecular complexity index is 631. The van der Waals surface area contributed by atoms with Crippen LogP contribution in [0.5, 0.6) is 11.5 Å². The molecule has 0 amide bonds. The van der Waals surface area contributed by atoms with Crippen molar-refractivity contribution >= 4 is 5.96 Å². The fraction of sp³-hybridized carbons (Fsp3) is 0.526. The number of aliphatic imine (C=N–C) groups is 1. The van der Waals surface area contributed by atoms with Crippen LogP contribution in [0.4, 0.5) is 0 Å². The van der Waals surface area contributed by atoms with Crippen molar-refractivity contribution in [2.45, 2.75) is 31.9 Å². The number of hydrogen-bond donors (Lipinski definition) is 2. The second kappa shape index (κ2) is 9.19. The van der Waals surface area contributed by atoms with Crippen molar-refractivity contribution in [2.24, 2.45) is 4.99 Å². The molecular weight excluding hydrogens is 318 g/mol. The van der Waals surface area contributed by atoms with Gasteiger partial charge in [0.1, 0.15) is 6.61 Å². The predicted octanol–water partition coefficient (Wildman–Crippen LogP) is 1.94. The Labute approximate surface area is 150 Å². The van der Waals surface area contributed by atoms with E-state index in [1.165, 1.54) is 0 Å². The van der Waals surface area contributed by atoms with E-state index < -0.39 is 0 Å². The number of guanidine groups is 1. The van der Waals surface area contributed by atoms with E-state index in [1.54, 1.807) is 14.2 Å². The number of nitrogens with one attached hydrogen (secondary N) is 2. The molecule has 1 fully saturated rings. The summed E-state index contributed by atoms with van der Waals surface area (Å²) in [5.74, 6) is 4.49. The summed E-state index contributed by atoms with van der Waals surface area (Å²) < 4.78 is 16.6. The highest BCUT2D eigenvalue weighted by Gasteiger charge is 2.29. The lowest BCUT2D eigenvalue weighted by atomic mass is 10.0. The molecule has 0 radical (unpaired) electrons. The number of nitrogens with zero attached hydrogens (tertiary/aromatic N) is 1. The van der Waals surface area contributed by atoms with Crippen LogP contribution in [0.1, 0.15) is 25.3 Å². The third kappa shape index (κ3) is 5.57. The van der Waals surface area contributed by atoms with E-state index in [9.17, 15) is 0 Å². The molecule has 0 spiro atoms. The van der Waals surface area contributed by atoms with Crippen LogP contribution in [0.25, 0.3) is 0 Å². The fourth-order valence-electron chi connectivity index (χ4n) is 2.72. The molecule has 2 rings (SSSR count). The molecule has 1 atom stereocenters. The smallest absolute Gasteiger partial charge is 0.191 e. The number of terminal acetylenes is 1. The highest BCUT2D eigenvalue weighted by molar-refractivity contribution is 5.79. The molecule has 1 heterocycles. The lowest BCUT2D eigenvalue weighted by Gasteiger charge is -2.24. The minimum Gasteiger partial charge on any atom is -0.493 e. The van der Waals surface area contributed by atoms with E-state index in [1.807, 2.05) is 18.2 Å². The predicted molar refractivity (Wildman–Crippen MR) is 99.1 cm³/mol. The average molecular weight is 345 g/mol. The number of benzene rings is 1. The van der Waals surface area contributed by atoms with Crippen molar-refractivity contribution < 1.29 is 14.2 Å². The summed E-state index contributed by atoms with van der Waals surface area (Å²) in [7, 11) is 3.36. The van der Waals surface area contributed by atoms with Gasteiger partial charge in [0.05, 0.1) is 12.7 Å². The first kappa shape index (κ1) is 18.9. The third-order valence-electron chi connectivity index (χ3n) is 4.15.